The average Bonchev–Trinajstić information content (AvgIpc) is 3.13. The van der Waals surface area contributed by atoms with Gasteiger partial charge in [0.15, 0.2) is 0 Å². The third-order valence-electron chi connectivity index (χ3n) is 8.60. The first-order valence-corrected chi connectivity index (χ1v) is 17.8. The van der Waals surface area contributed by atoms with Crippen molar-refractivity contribution in [2.75, 3.05) is 7.11 Å². The van der Waals surface area contributed by atoms with Crippen molar-refractivity contribution >= 4 is 50.9 Å². The van der Waals surface area contributed by atoms with Crippen LogP contribution in [0.1, 0.15) is 62.3 Å². The summed E-state index contributed by atoms with van der Waals surface area (Å²) in [5, 5.41) is 18.6. The molecule has 2 unspecified atom stereocenters. The van der Waals surface area contributed by atoms with Gasteiger partial charge in [-0.1, -0.05) is 112 Å². The topological polar surface area (TPSA) is 157 Å². The first kappa shape index (κ1) is 40.4. The van der Waals surface area contributed by atoms with Gasteiger partial charge in [-0.25, -0.2) is 9.97 Å². The lowest BCUT2D eigenvalue weighted by molar-refractivity contribution is -0.120. The highest BCUT2D eigenvalue weighted by Crippen LogP contribution is 2.26. The summed E-state index contributed by atoms with van der Waals surface area (Å²) in [6.07, 6.45) is 0. The van der Waals surface area contributed by atoms with Crippen LogP contribution in [-0.4, -0.2) is 37.2 Å². The Kier molecular flexibility index (Phi) is 14.1. The number of nitrogens with two attached hydrogens (primary N) is 1. The van der Waals surface area contributed by atoms with Crippen LogP contribution in [0, 0.1) is 23.2 Å². The zero-order valence-corrected chi connectivity index (χ0v) is 31.7. The van der Waals surface area contributed by atoms with Gasteiger partial charge >= 0.3 is 0 Å². The van der Waals surface area contributed by atoms with Crippen LogP contribution in [0.2, 0.25) is 10.0 Å². The van der Waals surface area contributed by atoms with E-state index in [1.807, 2.05) is 88.4 Å². The highest BCUT2D eigenvalue weighted by atomic mass is 35.5. The van der Waals surface area contributed by atoms with Crippen LogP contribution in [0.3, 0.4) is 0 Å². The molecule has 0 aliphatic rings. The average molecular weight is 754 g/mol. The Bertz CT molecular complexity index is 2350. The van der Waals surface area contributed by atoms with E-state index in [1.165, 1.54) is 0 Å². The van der Waals surface area contributed by atoms with E-state index in [0.717, 1.165) is 18.2 Å². The molecule has 6 rings (SSSR count). The first-order chi connectivity index (χ1) is 25.4. The number of nitriles is 1. The minimum atomic E-state index is -0.671. The lowest BCUT2D eigenvalue weighted by Gasteiger charge is -2.22. The molecular formula is C41H42Cl2N6O4. The molecule has 10 nitrogen and oxygen atoms in total. The van der Waals surface area contributed by atoms with Crippen LogP contribution < -0.4 is 16.9 Å². The molecule has 12 heteroatoms. The van der Waals surface area contributed by atoms with E-state index in [-0.39, 0.29) is 23.0 Å². The summed E-state index contributed by atoms with van der Waals surface area (Å²) in [4.78, 5) is 47.6. The monoisotopic (exact) mass is 752 g/mol. The number of amides is 1. The summed E-state index contributed by atoms with van der Waals surface area (Å²) in [5.41, 5.74) is 8.20. The van der Waals surface area contributed by atoms with Gasteiger partial charge in [-0.2, -0.15) is 5.26 Å². The van der Waals surface area contributed by atoms with E-state index in [4.69, 9.17) is 34.0 Å². The van der Waals surface area contributed by atoms with Crippen molar-refractivity contribution in [2.45, 2.75) is 52.6 Å². The van der Waals surface area contributed by atoms with Gasteiger partial charge < -0.3 is 10.8 Å². The molecule has 4 aromatic carbocycles. The van der Waals surface area contributed by atoms with Crippen LogP contribution in [0.4, 0.5) is 0 Å². The number of carbonyl (C=O) groups excluding carboxylic acids is 1. The quantitative estimate of drug-likeness (QED) is 0.157. The van der Waals surface area contributed by atoms with Crippen molar-refractivity contribution in [1.29, 1.82) is 5.26 Å². The molecule has 0 aliphatic heterocycles. The van der Waals surface area contributed by atoms with Crippen molar-refractivity contribution < 1.29 is 9.90 Å². The molecule has 0 radical (unpaired) electrons. The third-order valence-corrected chi connectivity index (χ3v) is 9.07. The second-order valence-corrected chi connectivity index (χ2v) is 13.9. The van der Waals surface area contributed by atoms with Crippen LogP contribution in [0.25, 0.3) is 21.8 Å². The number of aliphatic hydroxyl groups excluding tert-OH is 1. The second kappa shape index (κ2) is 18.4. The van der Waals surface area contributed by atoms with Gasteiger partial charge in [0.05, 0.1) is 46.9 Å². The van der Waals surface area contributed by atoms with Gasteiger partial charge in [0.1, 0.15) is 17.6 Å². The molecule has 0 bridgehead atoms. The minimum absolute atomic E-state index is 0.0376. The summed E-state index contributed by atoms with van der Waals surface area (Å²) in [6, 6.07) is 31.6. The number of aliphatic hydroxyl groups is 1. The summed E-state index contributed by atoms with van der Waals surface area (Å²) in [6.45, 7) is 8.37. The van der Waals surface area contributed by atoms with Crippen LogP contribution in [0.5, 0.6) is 0 Å². The van der Waals surface area contributed by atoms with Crippen molar-refractivity contribution in [1.82, 2.24) is 19.1 Å². The fraction of sp³-hybridized carbons (Fsp3) is 0.268. The highest BCUT2D eigenvalue weighted by molar-refractivity contribution is 6.31. The molecule has 53 heavy (non-hydrogen) atoms. The molecule has 2 aromatic heterocycles. The van der Waals surface area contributed by atoms with Crippen molar-refractivity contribution in [3.8, 4) is 6.07 Å². The van der Waals surface area contributed by atoms with Gasteiger partial charge in [0.2, 0.25) is 5.91 Å². The lowest BCUT2D eigenvalue weighted by atomic mass is 9.93. The molecule has 0 fully saturated rings. The number of hydrogen-bond donors (Lipinski definition) is 2. The number of aromatic nitrogens is 4. The SMILES string of the molecule is CC(C)C(C#N)c1nc2cc(Cl)ccc2c(=O)n1Cc1ccccc1.CC(C)C(C(N)=O)c1nc2cc(Cl)ccc2c(=O)n1Cc1ccccc1.CO. The first-order valence-electron chi connectivity index (χ1n) is 17.0. The maximum Gasteiger partial charge on any atom is 0.261 e. The molecule has 274 valence electrons. The van der Waals surface area contributed by atoms with Crippen LogP contribution >= 0.6 is 23.2 Å². The Morgan fingerprint density at radius 3 is 1.51 bits per heavy atom. The zero-order chi connectivity index (χ0) is 38.8. The van der Waals surface area contributed by atoms with E-state index in [9.17, 15) is 19.6 Å². The number of hydrogen-bond acceptors (Lipinski definition) is 7. The Labute approximate surface area is 318 Å². The lowest BCUT2D eigenvalue weighted by Crippen LogP contribution is -2.34. The van der Waals surface area contributed by atoms with E-state index >= 15 is 0 Å². The Balaban J connectivity index is 0.000000226. The smallest absolute Gasteiger partial charge is 0.261 e. The second-order valence-electron chi connectivity index (χ2n) is 13.0. The fourth-order valence-electron chi connectivity index (χ4n) is 5.99. The number of rotatable bonds is 9. The van der Waals surface area contributed by atoms with Crippen molar-refractivity contribution in [3.05, 3.63) is 151 Å². The van der Waals surface area contributed by atoms with E-state index in [1.54, 1.807) is 45.5 Å². The minimum Gasteiger partial charge on any atom is -0.400 e. The Hall–Kier alpha value is -5.34. The van der Waals surface area contributed by atoms with E-state index in [0.29, 0.717) is 56.6 Å². The molecule has 2 atom stereocenters. The number of carbonyl (C=O) groups is 1. The predicted octanol–water partition coefficient (Wildman–Crippen LogP) is 7.29. The predicted molar refractivity (Wildman–Crippen MR) is 211 cm³/mol. The van der Waals surface area contributed by atoms with Gasteiger partial charge in [0.25, 0.3) is 11.1 Å². The summed E-state index contributed by atoms with van der Waals surface area (Å²) in [7, 11) is 1.00. The summed E-state index contributed by atoms with van der Waals surface area (Å²) in [5.74, 6) is -0.851. The van der Waals surface area contributed by atoms with Crippen molar-refractivity contribution in [2.24, 2.45) is 17.6 Å². The Morgan fingerprint density at radius 2 is 1.13 bits per heavy atom. The molecule has 6 aromatic rings. The van der Waals surface area contributed by atoms with E-state index in [2.05, 4.69) is 16.0 Å². The van der Waals surface area contributed by atoms with Crippen LogP contribution in [0.15, 0.2) is 107 Å². The Morgan fingerprint density at radius 1 is 0.717 bits per heavy atom. The molecule has 2 heterocycles. The fourth-order valence-corrected chi connectivity index (χ4v) is 6.33. The van der Waals surface area contributed by atoms with Gasteiger partial charge in [-0.05, 0) is 59.4 Å². The molecule has 3 N–H and O–H groups in total. The maximum absolute atomic E-state index is 13.1. The van der Waals surface area contributed by atoms with Gasteiger partial charge in [-0.15, -0.1) is 0 Å². The molecule has 0 saturated carbocycles. The number of nitrogens with zero attached hydrogens (tertiary/aromatic N) is 5. The normalized spacial score (nSPS) is 12.0. The molecule has 0 saturated heterocycles. The third kappa shape index (κ3) is 9.56. The summed E-state index contributed by atoms with van der Waals surface area (Å²) < 4.78 is 3.15. The molecule has 1 amide bonds. The maximum atomic E-state index is 13.1. The van der Waals surface area contributed by atoms with Crippen molar-refractivity contribution in [3.63, 3.8) is 0 Å². The number of benzene rings is 4. The summed E-state index contributed by atoms with van der Waals surface area (Å²) >= 11 is 12.1. The highest BCUT2D eigenvalue weighted by Gasteiger charge is 2.28. The van der Waals surface area contributed by atoms with Gasteiger partial charge in [0, 0.05) is 17.2 Å². The molecule has 0 aliphatic carbocycles. The number of halogens is 2. The molecule has 0 spiro atoms. The van der Waals surface area contributed by atoms with Crippen LogP contribution in [-0.2, 0) is 17.9 Å². The standard InChI is InChI=1S/C20H20ClN3O2.C20H18ClN3O.CH4O/c1-12(2)17(18(22)25)19-23-16-10-14(21)8-9-15(16)20(26)24(19)11-13-6-4-3-5-7-13;1-13(2)17(11-22)19-23-18-10-15(21)8-9-16(18)20(25)24(19)12-14-6-4-3-5-7-14;1-2/h3-10,12,17H,11H2,1-2H3,(H2,22,25);3-10,13,17H,12H2,1-2H3;2H,1H3. The van der Waals surface area contributed by atoms with Gasteiger partial charge in [-0.3, -0.25) is 23.5 Å². The zero-order valence-electron chi connectivity index (χ0n) is 30.2. The number of primary amides is 1. The van der Waals surface area contributed by atoms with E-state index < -0.39 is 17.7 Å². The number of fused-ring (bicyclic) bond motifs is 2. The molecular weight excluding hydrogens is 711 g/mol. The largest absolute Gasteiger partial charge is 0.400 e.